The fraction of sp³-hybridized carbons (Fsp3) is 0.286. The maximum absolute atomic E-state index is 12.7. The Bertz CT molecular complexity index is 913. The molecule has 0 aliphatic heterocycles. The number of carbonyl (C=O) groups is 3. The molecule has 0 saturated heterocycles. The molecule has 0 unspecified atom stereocenters. The lowest BCUT2D eigenvalue weighted by molar-refractivity contribution is -0.147. The van der Waals surface area contributed by atoms with E-state index >= 15 is 0 Å². The summed E-state index contributed by atoms with van der Waals surface area (Å²) >= 11 is 0. The van der Waals surface area contributed by atoms with Gasteiger partial charge in [-0.2, -0.15) is 13.2 Å². The molecule has 0 atom stereocenters. The second kappa shape index (κ2) is 10.4. The van der Waals surface area contributed by atoms with E-state index < -0.39 is 36.1 Å². The van der Waals surface area contributed by atoms with Gasteiger partial charge in [0, 0.05) is 17.8 Å². The number of para-hydroxylation sites is 1. The number of halogens is 3. The summed E-state index contributed by atoms with van der Waals surface area (Å²) in [4.78, 5) is 35.5. The first-order valence-corrected chi connectivity index (χ1v) is 9.19. The van der Waals surface area contributed by atoms with Crippen molar-refractivity contribution in [3.05, 3.63) is 59.7 Å². The molecule has 2 amide bonds. The van der Waals surface area contributed by atoms with Crippen molar-refractivity contribution < 1.29 is 32.3 Å². The van der Waals surface area contributed by atoms with Gasteiger partial charge in [0.25, 0.3) is 5.91 Å². The van der Waals surface area contributed by atoms with Crippen LogP contribution in [0, 0.1) is 0 Å². The number of alkyl halides is 3. The second-order valence-corrected chi connectivity index (χ2v) is 6.35. The predicted octanol–water partition coefficient (Wildman–Crippen LogP) is 4.17. The highest BCUT2D eigenvalue weighted by Crippen LogP contribution is 2.30. The minimum atomic E-state index is -4.53. The Labute approximate surface area is 171 Å². The summed E-state index contributed by atoms with van der Waals surface area (Å²) in [6, 6.07) is 11.4. The smallest absolute Gasteiger partial charge is 0.416 e. The van der Waals surface area contributed by atoms with Gasteiger partial charge in [-0.3, -0.25) is 14.4 Å². The first-order valence-electron chi connectivity index (χ1n) is 9.19. The van der Waals surface area contributed by atoms with Crippen molar-refractivity contribution in [3.63, 3.8) is 0 Å². The maximum atomic E-state index is 12.7. The van der Waals surface area contributed by atoms with E-state index in [0.29, 0.717) is 5.69 Å². The fourth-order valence-corrected chi connectivity index (χ4v) is 2.57. The highest BCUT2D eigenvalue weighted by molar-refractivity contribution is 5.94. The van der Waals surface area contributed by atoms with E-state index in [9.17, 15) is 27.6 Å². The lowest BCUT2D eigenvalue weighted by atomic mass is 10.1. The Balaban J connectivity index is 1.75. The van der Waals surface area contributed by atoms with Crippen LogP contribution in [0.25, 0.3) is 0 Å². The van der Waals surface area contributed by atoms with Crippen LogP contribution in [0.2, 0.25) is 0 Å². The van der Waals surface area contributed by atoms with Gasteiger partial charge in [0.15, 0.2) is 6.61 Å². The molecule has 0 spiro atoms. The summed E-state index contributed by atoms with van der Waals surface area (Å²) in [5.74, 6) is -1.93. The molecule has 0 bridgehead atoms. The summed E-state index contributed by atoms with van der Waals surface area (Å²) in [5, 5.41) is 4.94. The standard InChI is InChI=1S/C21H21F3N2O4/c1-2-14-6-3-4-9-17(14)26-19(28)13-30-20(29)11-10-18(27)25-16-8-5-7-15(12-16)21(22,23)24/h3-9,12H,2,10-11,13H2,1H3,(H,25,27)(H,26,28). The Morgan fingerprint density at radius 1 is 0.933 bits per heavy atom. The highest BCUT2D eigenvalue weighted by atomic mass is 19.4. The molecule has 0 aromatic heterocycles. The van der Waals surface area contributed by atoms with Gasteiger partial charge in [0.1, 0.15) is 0 Å². The van der Waals surface area contributed by atoms with E-state index in [2.05, 4.69) is 10.6 Å². The average Bonchev–Trinajstić information content (AvgIpc) is 2.70. The van der Waals surface area contributed by atoms with E-state index in [0.717, 1.165) is 24.1 Å². The van der Waals surface area contributed by atoms with Crippen molar-refractivity contribution in [2.24, 2.45) is 0 Å². The van der Waals surface area contributed by atoms with Crippen LogP contribution >= 0.6 is 0 Å². The molecular weight excluding hydrogens is 401 g/mol. The molecule has 2 rings (SSSR count). The molecule has 0 heterocycles. The molecule has 9 heteroatoms. The molecule has 0 aliphatic rings. The molecule has 30 heavy (non-hydrogen) atoms. The molecule has 2 aromatic carbocycles. The van der Waals surface area contributed by atoms with Crippen molar-refractivity contribution in [3.8, 4) is 0 Å². The van der Waals surface area contributed by atoms with E-state index in [1.165, 1.54) is 12.1 Å². The van der Waals surface area contributed by atoms with Crippen LogP contribution in [0.3, 0.4) is 0 Å². The van der Waals surface area contributed by atoms with Crippen molar-refractivity contribution in [1.29, 1.82) is 0 Å². The molecule has 0 fully saturated rings. The fourth-order valence-electron chi connectivity index (χ4n) is 2.57. The second-order valence-electron chi connectivity index (χ2n) is 6.35. The van der Waals surface area contributed by atoms with Gasteiger partial charge in [0.05, 0.1) is 12.0 Å². The van der Waals surface area contributed by atoms with Gasteiger partial charge in [0.2, 0.25) is 5.91 Å². The first-order chi connectivity index (χ1) is 14.2. The number of amides is 2. The highest BCUT2D eigenvalue weighted by Gasteiger charge is 2.30. The van der Waals surface area contributed by atoms with Gasteiger partial charge in [-0.05, 0) is 36.2 Å². The first kappa shape index (κ1) is 22.9. The van der Waals surface area contributed by atoms with Crippen LogP contribution in [0.15, 0.2) is 48.5 Å². The SMILES string of the molecule is CCc1ccccc1NC(=O)COC(=O)CCC(=O)Nc1cccc(C(F)(F)F)c1. The Kier molecular flexibility index (Phi) is 7.97. The summed E-state index contributed by atoms with van der Waals surface area (Å²) in [5.41, 5.74) is 0.637. The summed E-state index contributed by atoms with van der Waals surface area (Å²) in [6.07, 6.45) is -4.42. The van der Waals surface area contributed by atoms with Gasteiger partial charge < -0.3 is 15.4 Å². The summed E-state index contributed by atoms with van der Waals surface area (Å²) in [6.45, 7) is 1.43. The predicted molar refractivity (Wildman–Crippen MR) is 105 cm³/mol. The summed E-state index contributed by atoms with van der Waals surface area (Å²) < 4.78 is 42.9. The molecule has 160 valence electrons. The van der Waals surface area contributed by atoms with Crippen molar-refractivity contribution in [1.82, 2.24) is 0 Å². The monoisotopic (exact) mass is 422 g/mol. The third-order valence-electron chi connectivity index (χ3n) is 4.07. The van der Waals surface area contributed by atoms with Crippen LogP contribution in [0.1, 0.15) is 30.9 Å². The molecule has 2 N–H and O–H groups in total. The van der Waals surface area contributed by atoms with Gasteiger partial charge in [-0.15, -0.1) is 0 Å². The van der Waals surface area contributed by atoms with Crippen LogP contribution in [0.4, 0.5) is 24.5 Å². The zero-order chi connectivity index (χ0) is 22.1. The van der Waals surface area contributed by atoms with Gasteiger partial charge >= 0.3 is 12.1 Å². The zero-order valence-electron chi connectivity index (χ0n) is 16.2. The number of carbonyl (C=O) groups excluding carboxylic acids is 3. The lowest BCUT2D eigenvalue weighted by Gasteiger charge is -2.10. The number of esters is 1. The number of anilines is 2. The Morgan fingerprint density at radius 2 is 1.67 bits per heavy atom. The molecule has 0 aliphatic carbocycles. The Hall–Kier alpha value is -3.36. The Morgan fingerprint density at radius 3 is 2.37 bits per heavy atom. The van der Waals surface area contributed by atoms with Crippen molar-refractivity contribution in [2.45, 2.75) is 32.4 Å². The molecular formula is C21H21F3N2O4. The average molecular weight is 422 g/mol. The third-order valence-corrected chi connectivity index (χ3v) is 4.07. The molecule has 6 nitrogen and oxygen atoms in total. The van der Waals surface area contributed by atoms with E-state index in [-0.39, 0.29) is 18.5 Å². The van der Waals surface area contributed by atoms with E-state index in [4.69, 9.17) is 4.74 Å². The largest absolute Gasteiger partial charge is 0.456 e. The number of ether oxygens (including phenoxy) is 1. The van der Waals surface area contributed by atoms with E-state index in [1.54, 1.807) is 12.1 Å². The van der Waals surface area contributed by atoms with E-state index in [1.807, 2.05) is 19.1 Å². The van der Waals surface area contributed by atoms with Gasteiger partial charge in [-0.25, -0.2) is 0 Å². The molecule has 2 aromatic rings. The third kappa shape index (κ3) is 7.23. The number of hydrogen-bond acceptors (Lipinski definition) is 4. The molecule has 0 radical (unpaired) electrons. The topological polar surface area (TPSA) is 84.5 Å². The number of rotatable bonds is 8. The number of nitrogens with one attached hydrogen (secondary N) is 2. The van der Waals surface area contributed by atoms with Crippen LogP contribution < -0.4 is 10.6 Å². The summed E-state index contributed by atoms with van der Waals surface area (Å²) in [7, 11) is 0. The zero-order valence-corrected chi connectivity index (χ0v) is 16.2. The number of benzene rings is 2. The maximum Gasteiger partial charge on any atom is 0.416 e. The molecule has 0 saturated carbocycles. The van der Waals surface area contributed by atoms with Crippen LogP contribution in [0.5, 0.6) is 0 Å². The van der Waals surface area contributed by atoms with Gasteiger partial charge in [-0.1, -0.05) is 31.2 Å². The minimum absolute atomic E-state index is 0.0304. The van der Waals surface area contributed by atoms with Crippen molar-refractivity contribution in [2.75, 3.05) is 17.2 Å². The van der Waals surface area contributed by atoms with Crippen molar-refractivity contribution >= 4 is 29.2 Å². The van der Waals surface area contributed by atoms with Crippen LogP contribution in [-0.4, -0.2) is 24.4 Å². The van der Waals surface area contributed by atoms with Crippen LogP contribution in [-0.2, 0) is 31.7 Å². The number of hydrogen-bond donors (Lipinski definition) is 2. The lowest BCUT2D eigenvalue weighted by Crippen LogP contribution is -2.22. The normalized spacial score (nSPS) is 10.9. The number of aryl methyl sites for hydroxylation is 1. The quantitative estimate of drug-likeness (QED) is 0.626. The minimum Gasteiger partial charge on any atom is -0.456 e.